The highest BCUT2D eigenvalue weighted by Gasteiger charge is 2.18. The molecule has 4 rings (SSSR count). The molecule has 1 fully saturated rings. The molecule has 1 aliphatic carbocycles. The Morgan fingerprint density at radius 3 is 2.62 bits per heavy atom. The van der Waals surface area contributed by atoms with Crippen LogP contribution in [0, 0.1) is 0 Å². The van der Waals surface area contributed by atoms with Gasteiger partial charge in [0.25, 0.3) is 0 Å². The molecule has 3 aromatic rings. The van der Waals surface area contributed by atoms with E-state index in [1.165, 1.54) is 37.8 Å². The summed E-state index contributed by atoms with van der Waals surface area (Å²) in [6, 6.07) is 11.4. The number of carboxylic acid groups (broad SMARTS) is 1. The molecule has 1 N–H and O–H groups in total. The van der Waals surface area contributed by atoms with Gasteiger partial charge >= 0.3 is 5.97 Å². The van der Waals surface area contributed by atoms with E-state index in [-0.39, 0.29) is 0 Å². The van der Waals surface area contributed by atoms with Gasteiger partial charge in [0.05, 0.1) is 11.3 Å². The predicted octanol–water partition coefficient (Wildman–Crippen LogP) is 5.71. The second kappa shape index (κ2) is 6.36. The van der Waals surface area contributed by atoms with Crippen LogP contribution in [-0.4, -0.2) is 16.1 Å². The van der Waals surface area contributed by atoms with Crippen molar-refractivity contribution in [3.63, 3.8) is 0 Å². The molecule has 3 nitrogen and oxygen atoms in total. The maximum absolute atomic E-state index is 11.2. The van der Waals surface area contributed by atoms with Crippen LogP contribution in [0.4, 0.5) is 0 Å². The monoisotopic (exact) mass is 337 g/mol. The molecule has 4 heteroatoms. The lowest BCUT2D eigenvalue weighted by atomic mass is 9.87. The average molecular weight is 337 g/mol. The number of rotatable bonds is 3. The van der Waals surface area contributed by atoms with E-state index in [0.29, 0.717) is 11.5 Å². The number of hydrogen-bond donors (Lipinski definition) is 1. The summed E-state index contributed by atoms with van der Waals surface area (Å²) in [6.07, 6.45) is 6.48. The molecule has 0 spiro atoms. The van der Waals surface area contributed by atoms with Crippen LogP contribution in [0.15, 0.2) is 41.8 Å². The Kier molecular flexibility index (Phi) is 4.07. The van der Waals surface area contributed by atoms with E-state index < -0.39 is 5.97 Å². The van der Waals surface area contributed by atoms with Crippen molar-refractivity contribution in [3.05, 3.63) is 53.0 Å². The smallest absolute Gasteiger partial charge is 0.335 e. The predicted molar refractivity (Wildman–Crippen MR) is 97.8 cm³/mol. The number of hydrogen-bond acceptors (Lipinski definition) is 3. The minimum atomic E-state index is -0.892. The van der Waals surface area contributed by atoms with Gasteiger partial charge in [-0.25, -0.2) is 9.78 Å². The Morgan fingerprint density at radius 1 is 1.04 bits per heavy atom. The Balaban J connectivity index is 1.68. The maximum atomic E-state index is 11.2. The van der Waals surface area contributed by atoms with Crippen molar-refractivity contribution in [1.29, 1.82) is 0 Å². The lowest BCUT2D eigenvalue weighted by molar-refractivity contribution is 0.0697. The first-order chi connectivity index (χ1) is 11.7. The Labute approximate surface area is 145 Å². The van der Waals surface area contributed by atoms with Gasteiger partial charge in [-0.05, 0) is 41.8 Å². The summed E-state index contributed by atoms with van der Waals surface area (Å²) in [6.45, 7) is 0. The molecule has 1 aromatic heterocycles. The first-order valence-corrected chi connectivity index (χ1v) is 9.31. The zero-order valence-electron chi connectivity index (χ0n) is 13.4. The van der Waals surface area contributed by atoms with Crippen LogP contribution in [0.25, 0.3) is 21.3 Å². The van der Waals surface area contributed by atoms with E-state index >= 15 is 0 Å². The average Bonchev–Trinajstić information content (AvgIpc) is 3.11. The number of aromatic carboxylic acids is 1. The molecule has 2 aromatic carbocycles. The van der Waals surface area contributed by atoms with Gasteiger partial charge in [0.2, 0.25) is 0 Å². The SMILES string of the molecule is O=C(O)c1ccc2ccc(-c3nc(C4CCCCC4)cs3)cc2c1. The van der Waals surface area contributed by atoms with Crippen molar-refractivity contribution < 1.29 is 9.90 Å². The van der Waals surface area contributed by atoms with Gasteiger partial charge in [-0.1, -0.05) is 37.5 Å². The Bertz CT molecular complexity index is 894. The number of carboxylic acids is 1. The molecule has 0 saturated heterocycles. The van der Waals surface area contributed by atoms with Crippen LogP contribution in [0.2, 0.25) is 0 Å². The molecule has 0 unspecified atom stereocenters. The normalized spacial score (nSPS) is 15.7. The Morgan fingerprint density at radius 2 is 1.83 bits per heavy atom. The lowest BCUT2D eigenvalue weighted by Crippen LogP contribution is -2.04. The number of aromatic nitrogens is 1. The zero-order chi connectivity index (χ0) is 16.5. The van der Waals surface area contributed by atoms with Gasteiger partial charge in [-0.2, -0.15) is 0 Å². The largest absolute Gasteiger partial charge is 0.478 e. The van der Waals surface area contributed by atoms with Gasteiger partial charge in [0.1, 0.15) is 5.01 Å². The summed E-state index contributed by atoms with van der Waals surface area (Å²) >= 11 is 1.69. The van der Waals surface area contributed by atoms with E-state index in [9.17, 15) is 4.79 Å². The molecule has 1 saturated carbocycles. The van der Waals surface area contributed by atoms with Crippen LogP contribution in [0.3, 0.4) is 0 Å². The van der Waals surface area contributed by atoms with Gasteiger partial charge in [0.15, 0.2) is 0 Å². The van der Waals surface area contributed by atoms with Gasteiger partial charge < -0.3 is 5.11 Å². The molecule has 0 aliphatic heterocycles. The van der Waals surface area contributed by atoms with Crippen molar-refractivity contribution in [3.8, 4) is 10.6 Å². The van der Waals surface area contributed by atoms with Gasteiger partial charge in [-0.15, -0.1) is 11.3 Å². The molecule has 0 radical (unpaired) electrons. The quantitative estimate of drug-likeness (QED) is 0.666. The van der Waals surface area contributed by atoms with E-state index in [2.05, 4.69) is 11.4 Å². The van der Waals surface area contributed by atoms with Crippen LogP contribution in [0.1, 0.15) is 54.1 Å². The zero-order valence-corrected chi connectivity index (χ0v) is 14.2. The molecule has 122 valence electrons. The molecular weight excluding hydrogens is 318 g/mol. The summed E-state index contributed by atoms with van der Waals surface area (Å²) in [4.78, 5) is 16.0. The number of nitrogens with zero attached hydrogens (tertiary/aromatic N) is 1. The first kappa shape index (κ1) is 15.3. The van der Waals surface area contributed by atoms with Crippen molar-refractivity contribution in [2.45, 2.75) is 38.0 Å². The topological polar surface area (TPSA) is 50.2 Å². The highest BCUT2D eigenvalue weighted by molar-refractivity contribution is 7.13. The third-order valence-electron chi connectivity index (χ3n) is 4.88. The molecule has 24 heavy (non-hydrogen) atoms. The van der Waals surface area contributed by atoms with E-state index in [4.69, 9.17) is 10.1 Å². The molecular formula is C20H19NO2S. The number of carbonyl (C=O) groups is 1. The standard InChI is InChI=1S/C20H19NO2S/c22-20(23)16-9-7-13-6-8-15(10-17(13)11-16)19-21-18(12-24-19)14-4-2-1-3-5-14/h6-12,14H,1-5H2,(H,22,23). The first-order valence-electron chi connectivity index (χ1n) is 8.43. The summed E-state index contributed by atoms with van der Waals surface area (Å²) in [7, 11) is 0. The van der Waals surface area contributed by atoms with Crippen LogP contribution < -0.4 is 0 Å². The summed E-state index contributed by atoms with van der Waals surface area (Å²) in [5.74, 6) is -0.279. The maximum Gasteiger partial charge on any atom is 0.335 e. The van der Waals surface area contributed by atoms with E-state index in [1.807, 2.05) is 18.2 Å². The molecule has 1 heterocycles. The van der Waals surface area contributed by atoms with Crippen LogP contribution in [-0.2, 0) is 0 Å². The van der Waals surface area contributed by atoms with Crippen molar-refractivity contribution in [2.24, 2.45) is 0 Å². The third kappa shape index (κ3) is 2.94. The summed E-state index contributed by atoms with van der Waals surface area (Å²) in [5, 5.41) is 14.4. The van der Waals surface area contributed by atoms with Crippen molar-refractivity contribution >= 4 is 28.1 Å². The fourth-order valence-electron chi connectivity index (χ4n) is 3.52. The summed E-state index contributed by atoms with van der Waals surface area (Å²) in [5.41, 5.74) is 2.62. The molecule has 0 amide bonds. The molecule has 1 aliphatic rings. The fraction of sp³-hybridized carbons (Fsp3) is 0.300. The fourth-order valence-corrected chi connectivity index (χ4v) is 4.42. The highest BCUT2D eigenvalue weighted by atomic mass is 32.1. The van der Waals surface area contributed by atoms with Crippen LogP contribution >= 0.6 is 11.3 Å². The number of thiazole rings is 1. The lowest BCUT2D eigenvalue weighted by Gasteiger charge is -2.19. The molecule has 0 atom stereocenters. The van der Waals surface area contributed by atoms with Crippen molar-refractivity contribution in [1.82, 2.24) is 4.98 Å². The van der Waals surface area contributed by atoms with Gasteiger partial charge in [-0.3, -0.25) is 0 Å². The second-order valence-corrected chi connectivity index (χ2v) is 7.35. The number of fused-ring (bicyclic) bond motifs is 1. The van der Waals surface area contributed by atoms with E-state index in [0.717, 1.165) is 21.3 Å². The number of benzene rings is 2. The Hall–Kier alpha value is -2.20. The van der Waals surface area contributed by atoms with E-state index in [1.54, 1.807) is 23.5 Å². The minimum Gasteiger partial charge on any atom is -0.478 e. The van der Waals surface area contributed by atoms with Gasteiger partial charge in [0, 0.05) is 16.9 Å². The minimum absolute atomic E-state index is 0.321. The third-order valence-corrected chi connectivity index (χ3v) is 5.79. The highest BCUT2D eigenvalue weighted by Crippen LogP contribution is 2.35. The second-order valence-electron chi connectivity index (χ2n) is 6.49. The molecule has 0 bridgehead atoms. The van der Waals surface area contributed by atoms with Crippen molar-refractivity contribution in [2.75, 3.05) is 0 Å². The summed E-state index contributed by atoms with van der Waals surface area (Å²) < 4.78 is 0. The van der Waals surface area contributed by atoms with Crippen LogP contribution in [0.5, 0.6) is 0 Å².